The third-order valence-electron chi connectivity index (χ3n) is 2.10. The second kappa shape index (κ2) is 5.50. The van der Waals surface area contributed by atoms with Crippen LogP contribution in [0.25, 0.3) is 0 Å². The predicted molar refractivity (Wildman–Crippen MR) is 56.4 cm³/mol. The second-order valence-corrected chi connectivity index (χ2v) is 4.58. The molecule has 1 fully saturated rings. The first-order chi connectivity index (χ1) is 5.83. The molecule has 1 aliphatic heterocycles. The summed E-state index contributed by atoms with van der Waals surface area (Å²) < 4.78 is 0. The lowest BCUT2D eigenvalue weighted by atomic mass is 10.2. The highest BCUT2D eigenvalue weighted by atomic mass is 32.2. The fourth-order valence-corrected chi connectivity index (χ4v) is 2.55. The van der Waals surface area contributed by atoms with E-state index in [2.05, 4.69) is 29.5 Å². The minimum absolute atomic E-state index is 0.829. The van der Waals surface area contributed by atoms with Crippen LogP contribution in [0.1, 0.15) is 13.3 Å². The first-order valence-electron chi connectivity index (χ1n) is 4.56. The van der Waals surface area contributed by atoms with Crippen LogP contribution in [0.4, 0.5) is 0 Å². The molecule has 0 aromatic heterocycles. The number of rotatable bonds is 2. The molecule has 0 N–H and O–H groups in total. The summed E-state index contributed by atoms with van der Waals surface area (Å²) in [5.41, 5.74) is 0. The average molecular weight is 183 g/mol. The van der Waals surface area contributed by atoms with Crippen molar-refractivity contribution < 1.29 is 0 Å². The Balaban J connectivity index is 2.27. The number of hydrogen-bond donors (Lipinski definition) is 0. The van der Waals surface area contributed by atoms with Gasteiger partial charge in [0.25, 0.3) is 0 Å². The van der Waals surface area contributed by atoms with Gasteiger partial charge >= 0.3 is 0 Å². The normalized spacial score (nSPS) is 26.2. The van der Waals surface area contributed by atoms with Gasteiger partial charge in [0.05, 0.1) is 0 Å². The van der Waals surface area contributed by atoms with Gasteiger partial charge in [-0.05, 0) is 11.7 Å². The molecule has 2 heteroatoms. The van der Waals surface area contributed by atoms with Crippen molar-refractivity contribution in [3.8, 4) is 12.3 Å². The summed E-state index contributed by atoms with van der Waals surface area (Å²) >= 11 is 2.07. The quantitative estimate of drug-likeness (QED) is 0.599. The van der Waals surface area contributed by atoms with Crippen LogP contribution in [0.5, 0.6) is 0 Å². The molecule has 0 saturated carbocycles. The van der Waals surface area contributed by atoms with E-state index in [0.717, 1.165) is 18.9 Å². The molecule has 0 amide bonds. The van der Waals surface area contributed by atoms with E-state index in [1.54, 1.807) is 0 Å². The van der Waals surface area contributed by atoms with Crippen LogP contribution in [-0.2, 0) is 0 Å². The fourth-order valence-electron chi connectivity index (χ4n) is 1.49. The van der Waals surface area contributed by atoms with Crippen LogP contribution >= 0.6 is 11.8 Å². The molecule has 0 spiro atoms. The molecule has 0 aromatic rings. The van der Waals surface area contributed by atoms with Gasteiger partial charge in [0.1, 0.15) is 0 Å². The van der Waals surface area contributed by atoms with Crippen molar-refractivity contribution >= 4 is 11.8 Å². The zero-order valence-electron chi connectivity index (χ0n) is 7.75. The molecule has 1 atom stereocenters. The summed E-state index contributed by atoms with van der Waals surface area (Å²) in [6.45, 7) is 5.86. The summed E-state index contributed by atoms with van der Waals surface area (Å²) in [5.74, 6) is 6.12. The van der Waals surface area contributed by atoms with Gasteiger partial charge in [-0.2, -0.15) is 11.8 Å². The highest BCUT2D eigenvalue weighted by molar-refractivity contribution is 7.99. The molecule has 1 aliphatic rings. The predicted octanol–water partition coefficient (Wildman–Crippen LogP) is 1.69. The highest BCUT2D eigenvalue weighted by Crippen LogP contribution is 2.14. The van der Waals surface area contributed by atoms with Gasteiger partial charge in [-0.25, -0.2) is 0 Å². The second-order valence-electron chi connectivity index (χ2n) is 3.43. The topological polar surface area (TPSA) is 3.24 Å². The van der Waals surface area contributed by atoms with Crippen molar-refractivity contribution in [3.05, 3.63) is 0 Å². The van der Waals surface area contributed by atoms with E-state index in [9.17, 15) is 0 Å². The standard InChI is InChI=1S/C10H17NS/c1-3-4-5-11-6-7-12-9-10(2)8-11/h1,10H,4-9H2,2H3. The summed E-state index contributed by atoms with van der Waals surface area (Å²) in [7, 11) is 0. The van der Waals surface area contributed by atoms with Gasteiger partial charge < -0.3 is 4.90 Å². The van der Waals surface area contributed by atoms with Crippen molar-refractivity contribution in [2.45, 2.75) is 13.3 Å². The van der Waals surface area contributed by atoms with Crippen molar-refractivity contribution in [2.24, 2.45) is 5.92 Å². The summed E-state index contributed by atoms with van der Waals surface area (Å²) in [4.78, 5) is 2.49. The smallest absolute Gasteiger partial charge is 0.0214 e. The minimum Gasteiger partial charge on any atom is -0.301 e. The number of nitrogens with zero attached hydrogens (tertiary/aromatic N) is 1. The van der Waals surface area contributed by atoms with E-state index < -0.39 is 0 Å². The van der Waals surface area contributed by atoms with Gasteiger partial charge in [-0.15, -0.1) is 12.3 Å². The van der Waals surface area contributed by atoms with Gasteiger partial charge in [0, 0.05) is 31.8 Å². The Morgan fingerprint density at radius 3 is 3.25 bits per heavy atom. The summed E-state index contributed by atoms with van der Waals surface area (Å²) in [6, 6.07) is 0. The molecule has 1 unspecified atom stereocenters. The maximum Gasteiger partial charge on any atom is 0.0214 e. The maximum absolute atomic E-state index is 5.24. The Morgan fingerprint density at radius 1 is 1.67 bits per heavy atom. The lowest BCUT2D eigenvalue weighted by Gasteiger charge is -2.20. The largest absolute Gasteiger partial charge is 0.301 e. The summed E-state index contributed by atoms with van der Waals surface area (Å²) in [5, 5.41) is 0. The van der Waals surface area contributed by atoms with Crippen LogP contribution in [0, 0.1) is 18.3 Å². The lowest BCUT2D eigenvalue weighted by molar-refractivity contribution is 0.271. The SMILES string of the molecule is C#CCCN1CCSCC(C)C1. The van der Waals surface area contributed by atoms with E-state index >= 15 is 0 Å². The Labute approximate surface area is 79.9 Å². The van der Waals surface area contributed by atoms with Gasteiger partial charge in [-0.1, -0.05) is 6.92 Å². The van der Waals surface area contributed by atoms with Gasteiger partial charge in [-0.3, -0.25) is 0 Å². The molecule has 1 heterocycles. The molecular weight excluding hydrogens is 166 g/mol. The zero-order valence-corrected chi connectivity index (χ0v) is 8.57. The van der Waals surface area contributed by atoms with Crippen LogP contribution in [0.15, 0.2) is 0 Å². The Kier molecular flexibility index (Phi) is 4.57. The molecule has 68 valence electrons. The minimum atomic E-state index is 0.829. The fraction of sp³-hybridized carbons (Fsp3) is 0.800. The van der Waals surface area contributed by atoms with E-state index in [0.29, 0.717) is 0 Å². The van der Waals surface area contributed by atoms with Crippen LogP contribution in [0.3, 0.4) is 0 Å². The zero-order chi connectivity index (χ0) is 8.81. The number of terminal acetylenes is 1. The highest BCUT2D eigenvalue weighted by Gasteiger charge is 2.13. The van der Waals surface area contributed by atoms with E-state index in [1.165, 1.54) is 24.6 Å². The molecule has 1 saturated heterocycles. The van der Waals surface area contributed by atoms with Crippen LogP contribution < -0.4 is 0 Å². The Bertz CT molecular complexity index is 162. The third kappa shape index (κ3) is 3.51. The van der Waals surface area contributed by atoms with E-state index in [1.807, 2.05) is 0 Å². The molecule has 1 nitrogen and oxygen atoms in total. The van der Waals surface area contributed by atoms with Crippen molar-refractivity contribution in [3.63, 3.8) is 0 Å². The van der Waals surface area contributed by atoms with Gasteiger partial charge in [0.2, 0.25) is 0 Å². The molecule has 0 aromatic carbocycles. The van der Waals surface area contributed by atoms with Crippen molar-refractivity contribution in [1.82, 2.24) is 4.90 Å². The number of thioether (sulfide) groups is 1. The van der Waals surface area contributed by atoms with Crippen molar-refractivity contribution in [1.29, 1.82) is 0 Å². The average Bonchev–Trinajstić information content (AvgIpc) is 2.26. The lowest BCUT2D eigenvalue weighted by Crippen LogP contribution is -2.29. The Hall–Kier alpha value is -0.130. The molecule has 0 bridgehead atoms. The molecule has 1 rings (SSSR count). The molecule has 0 radical (unpaired) electrons. The van der Waals surface area contributed by atoms with E-state index in [4.69, 9.17) is 6.42 Å². The van der Waals surface area contributed by atoms with Crippen molar-refractivity contribution in [2.75, 3.05) is 31.1 Å². The molecule has 12 heavy (non-hydrogen) atoms. The van der Waals surface area contributed by atoms with Crippen LogP contribution in [-0.4, -0.2) is 36.0 Å². The van der Waals surface area contributed by atoms with Crippen LogP contribution in [0.2, 0.25) is 0 Å². The summed E-state index contributed by atoms with van der Waals surface area (Å²) in [6.07, 6.45) is 6.14. The van der Waals surface area contributed by atoms with E-state index in [-0.39, 0.29) is 0 Å². The first kappa shape index (κ1) is 9.95. The number of hydrogen-bond acceptors (Lipinski definition) is 2. The molecule has 0 aliphatic carbocycles. The Morgan fingerprint density at radius 2 is 2.50 bits per heavy atom. The first-order valence-corrected chi connectivity index (χ1v) is 5.72. The maximum atomic E-state index is 5.24. The van der Waals surface area contributed by atoms with Gasteiger partial charge in [0.15, 0.2) is 0 Å². The monoisotopic (exact) mass is 183 g/mol. The molecular formula is C10H17NS. The third-order valence-corrected chi connectivity index (χ3v) is 3.37.